The van der Waals surface area contributed by atoms with Gasteiger partial charge in [-0.25, -0.2) is 51.5 Å². The highest BCUT2D eigenvalue weighted by molar-refractivity contribution is 6.25. The van der Waals surface area contributed by atoms with Gasteiger partial charge in [-0.2, -0.15) is 0 Å². The summed E-state index contributed by atoms with van der Waals surface area (Å²) in [7, 11) is 12.1. The molecule has 0 amide bonds. The third kappa shape index (κ3) is 25.1. The summed E-state index contributed by atoms with van der Waals surface area (Å²) < 4.78 is 16.8. The molecule has 26 nitrogen and oxygen atoms in total. The van der Waals surface area contributed by atoms with Crippen molar-refractivity contribution in [1.29, 1.82) is 0 Å². The van der Waals surface area contributed by atoms with Crippen molar-refractivity contribution < 1.29 is 32.7 Å². The summed E-state index contributed by atoms with van der Waals surface area (Å²) in [6.07, 6.45) is 38.2. The highest BCUT2D eigenvalue weighted by Crippen LogP contribution is 2.28. The highest BCUT2D eigenvalue weighted by atomic mass is 16.1. The first kappa shape index (κ1) is 82.2. The molecule has 0 fully saturated rings. The Morgan fingerprint density at radius 3 is 0.861 bits per heavy atom. The minimum absolute atomic E-state index is 0.173. The van der Waals surface area contributed by atoms with Crippen LogP contribution in [0.15, 0.2) is 306 Å². The van der Waals surface area contributed by atoms with Gasteiger partial charge in [-0.15, -0.1) is 0 Å². The van der Waals surface area contributed by atoms with E-state index in [1.54, 1.807) is 18.2 Å². The van der Waals surface area contributed by atoms with Crippen molar-refractivity contribution in [3.05, 3.63) is 291 Å². The van der Waals surface area contributed by atoms with Crippen LogP contribution in [0.4, 0.5) is 68.2 Å². The molecule has 0 saturated heterocycles. The van der Waals surface area contributed by atoms with Crippen molar-refractivity contribution in [1.82, 2.24) is 18.3 Å². The van der Waals surface area contributed by atoms with Crippen molar-refractivity contribution in [2.45, 2.75) is 78.7 Å². The number of aromatic nitrogens is 8. The number of aliphatic imine (C=N–C) groups is 3. The monoisotopic (exact) mass is 1550 g/mol. The molecule has 594 valence electrons. The predicted molar refractivity (Wildman–Crippen MR) is 464 cm³/mol. The molecule has 0 spiro atoms. The first-order valence-electron chi connectivity index (χ1n) is 38.9. The Morgan fingerprint density at radius 1 is 0.365 bits per heavy atom. The molecule has 26 heteroatoms. The number of anilines is 9. The van der Waals surface area contributed by atoms with E-state index in [-0.39, 0.29) is 17.3 Å². The van der Waals surface area contributed by atoms with E-state index in [9.17, 15) is 14.4 Å². The van der Waals surface area contributed by atoms with Crippen LogP contribution in [-0.4, -0.2) is 106 Å². The van der Waals surface area contributed by atoms with Crippen molar-refractivity contribution >= 4 is 103 Å². The quantitative estimate of drug-likeness (QED) is 0.0104. The zero-order valence-corrected chi connectivity index (χ0v) is 67.3. The van der Waals surface area contributed by atoms with Crippen molar-refractivity contribution in [2.75, 3.05) is 93.8 Å². The number of hydrogen-bond acceptors (Lipinski definition) is 18. The number of ketones is 3. The fourth-order valence-corrected chi connectivity index (χ4v) is 12.8. The SMILES string of the molecule is CCN(c1ccc(N=C2C=C(Nc3ccc(NCCCn4cc[n+](C)c4)cc3)C(=O)C=C2N)cc1)C(C)C.CN(C)c1ccc(N=C2C=C(Nc3ccc(NCCCn4cc[n+](C)c4)cc3)C(=O)C=C2N)cc1.C[n+]1ccn(CCCNc2ccc(N=C3C=C(Nc4ccc(NCCCn5cc[n+](C)c5)cc4)C(=O)C=C3N)cc2)c1. The molecule has 13 N–H and O–H groups in total. The highest BCUT2D eigenvalue weighted by Gasteiger charge is 2.22. The second-order valence-corrected chi connectivity index (χ2v) is 28.9. The first-order valence-corrected chi connectivity index (χ1v) is 38.9. The van der Waals surface area contributed by atoms with Crippen LogP contribution in [0, 0.1) is 0 Å². The maximum Gasteiger partial charge on any atom is 0.243 e. The smallest absolute Gasteiger partial charge is 0.243 e. The molecule has 4 heterocycles. The lowest BCUT2D eigenvalue weighted by molar-refractivity contribution is -0.671. The molecule has 0 unspecified atom stereocenters. The Hall–Kier alpha value is -13.8. The zero-order valence-electron chi connectivity index (χ0n) is 67.3. The van der Waals surface area contributed by atoms with Gasteiger partial charge >= 0.3 is 0 Å². The Bertz CT molecular complexity index is 5220. The third-order valence-corrected chi connectivity index (χ3v) is 19.0. The molecule has 6 aromatic carbocycles. The van der Waals surface area contributed by atoms with Crippen LogP contribution in [0.25, 0.3) is 0 Å². The summed E-state index contributed by atoms with van der Waals surface area (Å²) in [5.74, 6) is -0.529. The standard InChI is InChI=1S/C32H38N9O.C30H37N7O.C27H31N7O/c1-38-17-19-40(23-38)15-3-13-34-25-5-9-27(10-6-25)36-30-22-31(32(42)21-29(30)33)37-28-11-7-26(8-12-28)35-14-4-16-41-20-18-39(2)24-41;1-5-37(22(2)3)26-13-11-25(12-14-26)33-28-20-29(30(38)19-27(28)31)34-24-9-7-23(8-10-24)32-15-6-16-36-18-17-35(4)21-36;1-32(2)23-11-9-22(10-12-23)30-25-18-26(27(35)17-24(25)28)31-21-7-5-20(6-8-21)29-13-4-14-34-16-15-33(3)19-34/h5-12,17-24H,3-4,13-16H2,1-2H3,(H4-,33,34,35,36,37,42);7-14,17-22H,5-6,15-16H2,1-4H3,(H3-,31,32,33,34,38);5-12,15-19H,4,13-14H2,1-3H3,(H3-,28,29,30,31,35)/q+1;;/p+3. The number of nitrogens with one attached hydrogen (secondary N) is 7. The molecule has 0 radical (unpaired) electrons. The number of allylic oxidation sites excluding steroid dienone is 6. The van der Waals surface area contributed by atoms with Crippen LogP contribution < -0.4 is 82.5 Å². The Kier molecular flexibility index (Phi) is 28.9. The first-order chi connectivity index (χ1) is 55.6. The second-order valence-electron chi connectivity index (χ2n) is 28.9. The van der Waals surface area contributed by atoms with Gasteiger partial charge in [-0.05, 0) is 185 Å². The molecule has 3 aliphatic carbocycles. The minimum Gasteiger partial charge on any atom is -0.397 e. The number of imidazole rings is 4. The molecule has 0 saturated carbocycles. The molecule has 3 aliphatic rings. The van der Waals surface area contributed by atoms with E-state index >= 15 is 0 Å². The third-order valence-electron chi connectivity index (χ3n) is 19.0. The van der Waals surface area contributed by atoms with E-state index < -0.39 is 0 Å². The van der Waals surface area contributed by atoms with Crippen LogP contribution in [0.5, 0.6) is 0 Å². The average molecular weight is 1550 g/mol. The van der Waals surface area contributed by atoms with E-state index in [1.807, 2.05) is 224 Å². The molecule has 10 aromatic rings. The van der Waals surface area contributed by atoms with Gasteiger partial charge in [0, 0.05) is 148 Å². The van der Waals surface area contributed by atoms with Gasteiger partial charge in [0.2, 0.25) is 42.7 Å². The molecule has 0 aliphatic heterocycles. The fourth-order valence-electron chi connectivity index (χ4n) is 12.8. The number of nitrogens with two attached hydrogens (primary N) is 3. The summed E-state index contributed by atoms with van der Waals surface area (Å²) in [5, 5.41) is 23.4. The maximum absolute atomic E-state index is 12.7. The van der Waals surface area contributed by atoms with Crippen LogP contribution in [0.2, 0.25) is 0 Å². The number of carbonyl (C=O) groups excluding carboxylic acids is 3. The molecule has 0 bridgehead atoms. The molecule has 13 rings (SSSR count). The van der Waals surface area contributed by atoms with E-state index in [2.05, 4.69) is 148 Å². The number of rotatable bonds is 33. The summed E-state index contributed by atoms with van der Waals surface area (Å²) in [4.78, 5) is 56.2. The lowest BCUT2D eigenvalue weighted by Crippen LogP contribution is -2.30. The van der Waals surface area contributed by atoms with Crippen LogP contribution in [-0.2, 0) is 68.8 Å². The van der Waals surface area contributed by atoms with Crippen LogP contribution in [0.1, 0.15) is 46.5 Å². The number of benzene rings is 6. The van der Waals surface area contributed by atoms with Gasteiger partial charge in [0.15, 0.2) is 0 Å². The van der Waals surface area contributed by atoms with E-state index in [0.29, 0.717) is 57.4 Å². The van der Waals surface area contributed by atoms with E-state index in [1.165, 1.54) is 18.2 Å². The number of hydrogen-bond donors (Lipinski definition) is 10. The normalized spacial score (nSPS) is 14.3. The van der Waals surface area contributed by atoms with E-state index in [4.69, 9.17) is 27.2 Å². The number of nitrogens with zero attached hydrogens (tertiary/aromatic N) is 13. The van der Waals surface area contributed by atoms with E-state index in [0.717, 1.165) is 153 Å². The molecular formula is C89H109N23O3+4. The van der Waals surface area contributed by atoms with Crippen LogP contribution >= 0.6 is 0 Å². The number of aryl methyl sites for hydroxylation is 8. The summed E-state index contributed by atoms with van der Waals surface area (Å²) in [6, 6.07) is 47.9. The fraction of sp³-hybridized carbons (Fsp3) is 0.258. The van der Waals surface area contributed by atoms with Crippen molar-refractivity contribution in [3.63, 3.8) is 0 Å². The largest absolute Gasteiger partial charge is 0.397 e. The summed E-state index contributed by atoms with van der Waals surface area (Å²) in [6.45, 7) is 14.8. The second kappa shape index (κ2) is 40.4. The Morgan fingerprint density at radius 2 is 0.617 bits per heavy atom. The molecular weight excluding hydrogens is 1440 g/mol. The molecule has 0 atom stereocenters. The number of carbonyl (C=O) groups is 3. The van der Waals surface area contributed by atoms with Crippen LogP contribution in [0.3, 0.4) is 0 Å². The van der Waals surface area contributed by atoms with Gasteiger partial charge in [0.25, 0.3) is 0 Å². The van der Waals surface area contributed by atoms with Gasteiger partial charge in [-0.1, -0.05) is 0 Å². The molecule has 115 heavy (non-hydrogen) atoms. The predicted octanol–water partition coefficient (Wildman–Crippen LogP) is 11.4. The Labute approximate surface area is 674 Å². The minimum atomic E-state index is -0.180. The average Bonchev–Trinajstić information content (AvgIpc) is 1.19. The van der Waals surface area contributed by atoms with Crippen molar-refractivity contribution in [3.8, 4) is 0 Å². The maximum atomic E-state index is 12.7. The van der Waals surface area contributed by atoms with Gasteiger partial charge in [-0.3, -0.25) is 14.4 Å². The lowest BCUT2D eigenvalue weighted by atomic mass is 10.1. The summed E-state index contributed by atoms with van der Waals surface area (Å²) in [5.41, 5.74) is 33.5. The topological polar surface area (TPSA) is 292 Å². The van der Waals surface area contributed by atoms with Crippen molar-refractivity contribution in [2.24, 2.45) is 60.4 Å². The summed E-state index contributed by atoms with van der Waals surface area (Å²) >= 11 is 0. The van der Waals surface area contributed by atoms with Gasteiger partial charge in [0.05, 0.1) is 123 Å². The zero-order chi connectivity index (χ0) is 81.2. The lowest BCUT2D eigenvalue weighted by Gasteiger charge is -2.27. The Balaban J connectivity index is 0.000000171. The van der Waals surface area contributed by atoms with Gasteiger partial charge in [0.1, 0.15) is 49.6 Å². The molecule has 4 aromatic heterocycles. The van der Waals surface area contributed by atoms with Gasteiger partial charge < -0.3 is 64.2 Å².